The second kappa shape index (κ2) is 18.9. The maximum Gasteiger partial charge on any atom is 0.237 e. The topological polar surface area (TPSA) is 239 Å². The van der Waals surface area contributed by atoms with Crippen molar-refractivity contribution >= 4 is 29.4 Å². The number of carbonyl (C=O) groups excluding carboxylic acids is 2. The number of nitrogens with zero attached hydrogens (tertiary/aromatic N) is 9. The Hall–Kier alpha value is -4.42. The van der Waals surface area contributed by atoms with E-state index in [9.17, 15) is 9.59 Å². The Bertz CT molecular complexity index is 1420. The largest absolute Gasteiger partial charge is 0.383 e. The number of aryl methyl sites for hydroxylation is 1. The first-order valence-corrected chi connectivity index (χ1v) is 17.5. The van der Waals surface area contributed by atoms with Gasteiger partial charge in [-0.25, -0.2) is 0 Å². The number of anilines is 3. The number of piperazine rings is 1. The zero-order chi connectivity index (χ0) is 34.3. The third-order valence-corrected chi connectivity index (χ3v) is 8.93. The van der Waals surface area contributed by atoms with Gasteiger partial charge in [-0.05, 0) is 51.7 Å². The summed E-state index contributed by atoms with van der Waals surface area (Å²) in [5, 5.41) is 31.7. The molecule has 0 spiro atoms. The SMILES string of the molecule is Nc1cc(N2CCN(C(=O)CC[C@H](N)C(=O)NCc3cn[nH]n3)CC2)nc(NCc2cn(CCCNCCCNC3CCCCC3)nn2)n1. The van der Waals surface area contributed by atoms with Crippen molar-refractivity contribution in [3.8, 4) is 0 Å². The van der Waals surface area contributed by atoms with Gasteiger partial charge in [-0.15, -0.1) is 5.10 Å². The van der Waals surface area contributed by atoms with Crippen LogP contribution in [0.4, 0.5) is 17.6 Å². The van der Waals surface area contributed by atoms with E-state index < -0.39 is 6.04 Å². The number of hydrogen-bond donors (Lipinski definition) is 7. The van der Waals surface area contributed by atoms with E-state index in [4.69, 9.17) is 11.5 Å². The average Bonchev–Trinajstić information content (AvgIpc) is 3.82. The molecule has 49 heavy (non-hydrogen) atoms. The minimum absolute atomic E-state index is 0.0362. The Morgan fingerprint density at radius 2 is 1.82 bits per heavy atom. The van der Waals surface area contributed by atoms with Crippen molar-refractivity contribution in [2.75, 3.05) is 61.8 Å². The third kappa shape index (κ3) is 11.9. The predicted molar refractivity (Wildman–Crippen MR) is 185 cm³/mol. The van der Waals surface area contributed by atoms with Gasteiger partial charge in [0.05, 0.1) is 31.5 Å². The Kier molecular flexibility index (Phi) is 13.9. The lowest BCUT2D eigenvalue weighted by molar-refractivity contribution is -0.131. The molecule has 0 unspecified atom stereocenters. The number of nitrogens with one attached hydrogen (secondary N) is 5. The van der Waals surface area contributed by atoms with E-state index in [1.807, 2.05) is 10.9 Å². The van der Waals surface area contributed by atoms with E-state index in [1.165, 1.54) is 38.3 Å². The van der Waals surface area contributed by atoms with Gasteiger partial charge in [0.15, 0.2) is 0 Å². The van der Waals surface area contributed by atoms with Crippen LogP contribution in [0.5, 0.6) is 0 Å². The van der Waals surface area contributed by atoms with Crippen molar-refractivity contribution in [3.05, 3.63) is 29.8 Å². The zero-order valence-corrected chi connectivity index (χ0v) is 28.3. The molecule has 2 amide bonds. The van der Waals surface area contributed by atoms with Crippen LogP contribution in [0, 0.1) is 0 Å². The van der Waals surface area contributed by atoms with Gasteiger partial charge < -0.3 is 42.5 Å². The summed E-state index contributed by atoms with van der Waals surface area (Å²) in [6, 6.07) is 1.67. The lowest BCUT2D eigenvalue weighted by Gasteiger charge is -2.35. The maximum atomic E-state index is 12.8. The Morgan fingerprint density at radius 3 is 2.61 bits per heavy atom. The Balaban J connectivity index is 0.957. The number of rotatable bonds is 19. The van der Waals surface area contributed by atoms with Gasteiger partial charge in [0.2, 0.25) is 17.8 Å². The number of amides is 2. The minimum Gasteiger partial charge on any atom is -0.383 e. The molecule has 0 radical (unpaired) electrons. The first kappa shape index (κ1) is 35.9. The lowest BCUT2D eigenvalue weighted by atomic mass is 9.95. The highest BCUT2D eigenvalue weighted by molar-refractivity contribution is 5.83. The Morgan fingerprint density at radius 1 is 1.00 bits per heavy atom. The Labute approximate surface area is 286 Å². The highest BCUT2D eigenvalue weighted by atomic mass is 16.2. The lowest BCUT2D eigenvalue weighted by Crippen LogP contribution is -2.49. The van der Waals surface area contributed by atoms with E-state index in [1.54, 1.807) is 11.0 Å². The molecule has 3 aromatic heterocycles. The molecule has 18 heteroatoms. The molecule has 268 valence electrons. The molecule has 3 aromatic rings. The highest BCUT2D eigenvalue weighted by Gasteiger charge is 2.24. The molecule has 0 bridgehead atoms. The first-order chi connectivity index (χ1) is 23.9. The van der Waals surface area contributed by atoms with Crippen LogP contribution in [0.15, 0.2) is 18.5 Å². The van der Waals surface area contributed by atoms with Crippen LogP contribution in [-0.2, 0) is 29.2 Å². The van der Waals surface area contributed by atoms with E-state index >= 15 is 0 Å². The van der Waals surface area contributed by atoms with Gasteiger partial charge in [-0.1, -0.05) is 24.5 Å². The van der Waals surface area contributed by atoms with Gasteiger partial charge in [0.25, 0.3) is 0 Å². The van der Waals surface area contributed by atoms with Gasteiger partial charge in [-0.2, -0.15) is 25.4 Å². The second-order valence-electron chi connectivity index (χ2n) is 12.7. The van der Waals surface area contributed by atoms with E-state index in [-0.39, 0.29) is 31.2 Å². The van der Waals surface area contributed by atoms with Gasteiger partial charge in [0.1, 0.15) is 23.0 Å². The summed E-state index contributed by atoms with van der Waals surface area (Å²) in [5.74, 6) is 1.08. The number of hydrogen-bond acceptors (Lipinski definition) is 14. The summed E-state index contributed by atoms with van der Waals surface area (Å²) in [6.45, 7) is 6.70. The molecule has 18 nitrogen and oxygen atoms in total. The van der Waals surface area contributed by atoms with E-state index in [0.717, 1.165) is 50.8 Å². The second-order valence-corrected chi connectivity index (χ2v) is 12.7. The normalized spacial score (nSPS) is 16.1. The van der Waals surface area contributed by atoms with E-state index in [0.29, 0.717) is 56.0 Å². The van der Waals surface area contributed by atoms with Crippen LogP contribution in [0.1, 0.15) is 69.2 Å². The number of carbonyl (C=O) groups is 2. The van der Waals surface area contributed by atoms with E-state index in [2.05, 4.69) is 61.9 Å². The molecule has 1 aliphatic heterocycles. The summed E-state index contributed by atoms with van der Waals surface area (Å²) < 4.78 is 1.86. The van der Waals surface area contributed by atoms with Gasteiger partial charge >= 0.3 is 0 Å². The molecule has 1 saturated heterocycles. The molecule has 0 aromatic carbocycles. The third-order valence-electron chi connectivity index (χ3n) is 8.93. The van der Waals surface area contributed by atoms with Crippen LogP contribution in [0.2, 0.25) is 0 Å². The van der Waals surface area contributed by atoms with Crippen molar-refractivity contribution in [1.29, 1.82) is 0 Å². The fraction of sp³-hybridized carbons (Fsp3) is 0.677. The summed E-state index contributed by atoms with van der Waals surface area (Å²) in [4.78, 5) is 38.0. The van der Waals surface area contributed by atoms with Crippen LogP contribution in [0.25, 0.3) is 0 Å². The van der Waals surface area contributed by atoms with Gasteiger partial charge in [0, 0.05) is 51.3 Å². The molecule has 5 rings (SSSR count). The minimum atomic E-state index is -0.785. The summed E-state index contributed by atoms with van der Waals surface area (Å²) in [5.41, 5.74) is 13.5. The molecule has 1 saturated carbocycles. The number of aromatic nitrogens is 8. The molecule has 9 N–H and O–H groups in total. The summed E-state index contributed by atoms with van der Waals surface area (Å²) >= 11 is 0. The van der Waals surface area contributed by atoms with Gasteiger partial charge in [-0.3, -0.25) is 14.3 Å². The smallest absolute Gasteiger partial charge is 0.237 e. The van der Waals surface area contributed by atoms with Crippen LogP contribution >= 0.6 is 0 Å². The highest BCUT2D eigenvalue weighted by Crippen LogP contribution is 2.19. The summed E-state index contributed by atoms with van der Waals surface area (Å²) in [7, 11) is 0. The molecule has 4 heterocycles. The number of nitrogen functional groups attached to an aromatic ring is 1. The summed E-state index contributed by atoms with van der Waals surface area (Å²) in [6.07, 6.45) is 12.8. The fourth-order valence-corrected chi connectivity index (χ4v) is 6.08. The average molecular weight is 681 g/mol. The van der Waals surface area contributed by atoms with Crippen molar-refractivity contribution in [2.45, 2.75) is 89.5 Å². The number of H-pyrrole nitrogens is 1. The first-order valence-electron chi connectivity index (χ1n) is 17.5. The maximum absolute atomic E-state index is 12.8. The van der Waals surface area contributed by atoms with Crippen molar-refractivity contribution in [1.82, 2.24) is 61.2 Å². The van der Waals surface area contributed by atoms with Crippen LogP contribution in [-0.4, -0.2) is 115 Å². The van der Waals surface area contributed by atoms with Crippen molar-refractivity contribution < 1.29 is 9.59 Å². The standard InChI is InChI=1S/C31H52N16O2/c32-26(30(49)36-19-24-21-38-43-41-24)8-9-29(48)46-16-14-45(15-17-46)28-18-27(33)39-31(40-28)37-20-25-22-47(44-42-25)13-5-11-34-10-4-12-35-23-6-2-1-3-7-23/h18,21-23,26,34-35H,1-17,19-20,32H2,(H,36,49)(H,38,41,43)(H3,33,37,39,40)/t26-/m0/s1. The molecule has 2 aliphatic rings. The molecule has 1 aliphatic carbocycles. The quantitative estimate of drug-likeness (QED) is 0.0808. The van der Waals surface area contributed by atoms with Crippen molar-refractivity contribution in [3.63, 3.8) is 0 Å². The van der Waals surface area contributed by atoms with Crippen molar-refractivity contribution in [2.24, 2.45) is 5.73 Å². The number of aromatic amines is 1. The molecular weight excluding hydrogens is 628 g/mol. The fourth-order valence-electron chi connectivity index (χ4n) is 6.08. The number of nitrogens with two attached hydrogens (primary N) is 2. The molecular formula is C31H52N16O2. The van der Waals surface area contributed by atoms with Crippen LogP contribution < -0.4 is 37.6 Å². The van der Waals surface area contributed by atoms with Crippen LogP contribution in [0.3, 0.4) is 0 Å². The predicted octanol–water partition coefficient (Wildman–Crippen LogP) is -0.255. The molecule has 1 atom stereocenters. The molecule has 2 fully saturated rings. The zero-order valence-electron chi connectivity index (χ0n) is 28.3. The monoisotopic (exact) mass is 680 g/mol.